The van der Waals surface area contributed by atoms with Gasteiger partial charge in [-0.1, -0.05) is 18.2 Å². The maximum Gasteiger partial charge on any atom is 0.322 e. The highest BCUT2D eigenvalue weighted by Crippen LogP contribution is 2.35. The van der Waals surface area contributed by atoms with Gasteiger partial charge in [-0.05, 0) is 35.4 Å². The molecule has 1 atom stereocenters. The van der Waals surface area contributed by atoms with Gasteiger partial charge < -0.3 is 5.73 Å². The van der Waals surface area contributed by atoms with Crippen molar-refractivity contribution in [3.8, 4) is 9.88 Å². The van der Waals surface area contributed by atoms with E-state index in [9.17, 15) is 14.9 Å². The highest BCUT2D eigenvalue weighted by Gasteiger charge is 2.19. The number of aromatic nitrogens is 1. The lowest BCUT2D eigenvalue weighted by Gasteiger charge is -2.14. The molecule has 0 aliphatic heterocycles. The quantitative estimate of drug-likeness (QED) is 0.344. The molecular weight excluding hydrogens is 392 g/mol. The van der Waals surface area contributed by atoms with Gasteiger partial charge in [0.15, 0.2) is 0 Å². The van der Waals surface area contributed by atoms with Crippen LogP contribution in [0.1, 0.15) is 16.5 Å². The zero-order chi connectivity index (χ0) is 18.5. The van der Waals surface area contributed by atoms with Crippen molar-refractivity contribution in [2.45, 2.75) is 11.7 Å². The molecule has 0 bridgehead atoms. The largest absolute Gasteiger partial charge is 0.351 e. The van der Waals surface area contributed by atoms with Crippen molar-refractivity contribution in [2.24, 2.45) is 5.73 Å². The first-order valence-corrected chi connectivity index (χ1v) is 10.1. The Balaban J connectivity index is 1.80. The second-order valence-electron chi connectivity index (χ2n) is 5.26. The Bertz CT molecular complexity index is 894. The number of urea groups is 1. The van der Waals surface area contributed by atoms with Crippen LogP contribution in [-0.4, -0.2) is 15.9 Å². The number of carbonyl (C=O) groups excluding carboxylic acids is 1. The zero-order valence-electron chi connectivity index (χ0n) is 13.3. The zero-order valence-corrected chi connectivity index (χ0v) is 15.8. The Labute approximate surface area is 161 Å². The predicted octanol–water partition coefficient (Wildman–Crippen LogP) is 4.38. The average Bonchev–Trinajstić information content (AvgIpc) is 3.30. The van der Waals surface area contributed by atoms with Crippen molar-refractivity contribution in [3.05, 3.63) is 68.5 Å². The second-order valence-corrected chi connectivity index (χ2v) is 8.07. The molecule has 134 valence electrons. The number of hydrogen-bond acceptors (Lipinski definition) is 7. The number of carbonyl (C=O) groups is 1. The van der Waals surface area contributed by atoms with Crippen LogP contribution in [0.4, 0.5) is 10.5 Å². The molecule has 0 saturated carbocycles. The number of benzene rings is 1. The van der Waals surface area contributed by atoms with Crippen LogP contribution >= 0.6 is 34.6 Å². The van der Waals surface area contributed by atoms with E-state index in [1.165, 1.54) is 35.4 Å². The smallest absolute Gasteiger partial charge is 0.322 e. The van der Waals surface area contributed by atoms with E-state index in [1.807, 2.05) is 22.9 Å². The summed E-state index contributed by atoms with van der Waals surface area (Å²) >= 11 is 4.34. The lowest BCUT2D eigenvalue weighted by atomic mass is 10.1. The maximum absolute atomic E-state index is 11.1. The van der Waals surface area contributed by atoms with Gasteiger partial charge in [0, 0.05) is 17.5 Å². The van der Waals surface area contributed by atoms with Gasteiger partial charge in [0.1, 0.15) is 5.01 Å². The summed E-state index contributed by atoms with van der Waals surface area (Å²) in [5.41, 5.74) is 6.97. The molecule has 0 fully saturated rings. The summed E-state index contributed by atoms with van der Waals surface area (Å²) < 4.78 is 2.55. The van der Waals surface area contributed by atoms with Gasteiger partial charge in [-0.2, -0.15) is 0 Å². The molecule has 0 aliphatic rings. The molecule has 7 nitrogen and oxygen atoms in total. The Kier molecular flexibility index (Phi) is 5.86. The van der Waals surface area contributed by atoms with E-state index in [0.29, 0.717) is 6.42 Å². The van der Waals surface area contributed by atoms with E-state index in [1.54, 1.807) is 23.5 Å². The Hall–Kier alpha value is -2.43. The minimum absolute atomic E-state index is 0.0434. The normalized spacial score (nSPS) is 11.8. The van der Waals surface area contributed by atoms with Gasteiger partial charge >= 0.3 is 6.03 Å². The summed E-state index contributed by atoms with van der Waals surface area (Å²) in [6.45, 7) is 0. The third kappa shape index (κ3) is 4.59. The van der Waals surface area contributed by atoms with E-state index in [0.717, 1.165) is 21.1 Å². The van der Waals surface area contributed by atoms with Crippen molar-refractivity contribution in [3.63, 3.8) is 0 Å². The van der Waals surface area contributed by atoms with Crippen molar-refractivity contribution in [1.82, 2.24) is 9.71 Å². The number of thiophene rings is 1. The SMILES string of the molecule is NC(=O)NS[C@@H](Cc1ccc([N+](=O)[O-])cc1)c1csc(-c2cccs2)n1. The van der Waals surface area contributed by atoms with Crippen LogP contribution in [0.15, 0.2) is 47.2 Å². The minimum Gasteiger partial charge on any atom is -0.351 e. The first-order valence-electron chi connectivity index (χ1n) is 7.46. The molecule has 10 heteroatoms. The molecule has 2 aromatic heterocycles. The van der Waals surface area contributed by atoms with Gasteiger partial charge in [0.25, 0.3) is 5.69 Å². The fraction of sp³-hybridized carbons (Fsp3) is 0.125. The van der Waals surface area contributed by atoms with E-state index >= 15 is 0 Å². The predicted molar refractivity (Wildman–Crippen MR) is 105 cm³/mol. The first kappa shape index (κ1) is 18.4. The van der Waals surface area contributed by atoms with E-state index in [4.69, 9.17) is 5.73 Å². The number of nitro groups is 1. The van der Waals surface area contributed by atoms with Gasteiger partial charge in [-0.25, -0.2) is 9.78 Å². The fourth-order valence-electron chi connectivity index (χ4n) is 2.25. The number of nitrogens with one attached hydrogen (secondary N) is 1. The third-order valence-corrected chi connectivity index (χ3v) is 6.37. The summed E-state index contributed by atoms with van der Waals surface area (Å²) in [6, 6.07) is 9.71. The molecule has 1 aromatic carbocycles. The van der Waals surface area contributed by atoms with Gasteiger partial charge in [-0.15, -0.1) is 22.7 Å². The van der Waals surface area contributed by atoms with Crippen LogP contribution in [0.3, 0.4) is 0 Å². The molecular formula is C16H14N4O3S3. The monoisotopic (exact) mass is 406 g/mol. The van der Waals surface area contributed by atoms with E-state index < -0.39 is 11.0 Å². The van der Waals surface area contributed by atoms with Gasteiger partial charge in [-0.3, -0.25) is 14.8 Å². The summed E-state index contributed by atoms with van der Waals surface area (Å²) in [5, 5.41) is 15.5. The van der Waals surface area contributed by atoms with Crippen LogP contribution in [0.25, 0.3) is 9.88 Å². The van der Waals surface area contributed by atoms with E-state index in [2.05, 4.69) is 9.71 Å². The second kappa shape index (κ2) is 8.30. The van der Waals surface area contributed by atoms with Crippen molar-refractivity contribution in [1.29, 1.82) is 0 Å². The van der Waals surface area contributed by atoms with Crippen LogP contribution in [-0.2, 0) is 6.42 Å². The number of hydrogen-bond donors (Lipinski definition) is 2. The maximum atomic E-state index is 11.1. The lowest BCUT2D eigenvalue weighted by molar-refractivity contribution is -0.384. The molecule has 3 N–H and O–H groups in total. The van der Waals surface area contributed by atoms with Crippen molar-refractivity contribution in [2.75, 3.05) is 0 Å². The Morgan fingerprint density at radius 2 is 2.08 bits per heavy atom. The van der Waals surface area contributed by atoms with Gasteiger partial charge in [0.2, 0.25) is 0 Å². The standard InChI is InChI=1S/C16H14N4O3S3/c17-16(21)19-26-14(8-10-3-5-11(6-4-10)20(22)23)12-9-25-15(18-12)13-2-1-7-24-13/h1-7,9,14H,8H2,(H3,17,19,21)/t14-/m0/s1. The number of amides is 2. The lowest BCUT2D eigenvalue weighted by Crippen LogP contribution is -2.24. The number of primary amides is 1. The molecule has 0 spiro atoms. The molecule has 0 aliphatic carbocycles. The van der Waals surface area contributed by atoms with Crippen LogP contribution in [0.2, 0.25) is 0 Å². The van der Waals surface area contributed by atoms with E-state index in [-0.39, 0.29) is 10.9 Å². The molecule has 2 heterocycles. The Morgan fingerprint density at radius 3 is 2.69 bits per heavy atom. The van der Waals surface area contributed by atoms with Gasteiger partial charge in [0.05, 0.1) is 20.7 Å². The van der Waals surface area contributed by atoms with Crippen LogP contribution < -0.4 is 10.5 Å². The first-order chi connectivity index (χ1) is 12.5. The third-order valence-electron chi connectivity index (χ3n) is 3.45. The summed E-state index contributed by atoms with van der Waals surface area (Å²) in [5.74, 6) is 0. The number of non-ortho nitro benzene ring substituents is 1. The molecule has 0 radical (unpaired) electrons. The summed E-state index contributed by atoms with van der Waals surface area (Å²) in [4.78, 5) is 27.2. The highest BCUT2D eigenvalue weighted by molar-refractivity contribution is 7.98. The number of nitrogens with zero attached hydrogens (tertiary/aromatic N) is 2. The molecule has 3 rings (SSSR count). The van der Waals surface area contributed by atoms with Crippen LogP contribution in [0.5, 0.6) is 0 Å². The molecule has 2 amide bonds. The van der Waals surface area contributed by atoms with Crippen LogP contribution in [0, 0.1) is 10.1 Å². The number of rotatable bonds is 7. The minimum atomic E-state index is -0.627. The molecule has 26 heavy (non-hydrogen) atoms. The molecule has 3 aromatic rings. The molecule has 0 saturated heterocycles. The average molecular weight is 407 g/mol. The van der Waals surface area contributed by atoms with Crippen molar-refractivity contribution < 1.29 is 9.72 Å². The number of nitro benzene ring substituents is 1. The topological polar surface area (TPSA) is 111 Å². The Morgan fingerprint density at radius 1 is 1.31 bits per heavy atom. The molecule has 0 unspecified atom stereocenters. The fourth-order valence-corrected chi connectivity index (χ4v) is 4.80. The number of thiazole rings is 1. The number of nitrogens with two attached hydrogens (primary N) is 1. The summed E-state index contributed by atoms with van der Waals surface area (Å²) in [6.07, 6.45) is 0.552. The summed E-state index contributed by atoms with van der Waals surface area (Å²) in [7, 11) is 0. The van der Waals surface area contributed by atoms with Crippen molar-refractivity contribution >= 4 is 46.3 Å². The highest BCUT2D eigenvalue weighted by atomic mass is 32.2.